The largest absolute Gasteiger partial charge is 0.491 e. The molecule has 2 aromatic heterocycles. The standard InChI is InChI=1S/C21H17ClN4OS/c22-18-10-4-5-11-19(18)27-13-14-28-21-25-24-20(16-7-6-12-23-15-16)26(21)17-8-2-1-3-9-17/h1-12,15H,13-14H2. The Morgan fingerprint density at radius 2 is 1.75 bits per heavy atom. The van der Waals surface area contributed by atoms with Gasteiger partial charge in [0.15, 0.2) is 11.0 Å². The molecular formula is C21H17ClN4OS. The quantitative estimate of drug-likeness (QED) is 0.312. The third-order valence-electron chi connectivity index (χ3n) is 3.98. The molecule has 4 aromatic rings. The van der Waals surface area contributed by atoms with Gasteiger partial charge in [0.05, 0.1) is 11.6 Å². The highest BCUT2D eigenvalue weighted by atomic mass is 35.5. The topological polar surface area (TPSA) is 52.8 Å². The second-order valence-corrected chi connectivity index (χ2v) is 7.32. The van der Waals surface area contributed by atoms with Crippen LogP contribution in [-0.2, 0) is 0 Å². The van der Waals surface area contributed by atoms with Crippen LogP contribution in [0.4, 0.5) is 0 Å². The highest BCUT2D eigenvalue weighted by molar-refractivity contribution is 7.99. The van der Waals surface area contributed by atoms with Crippen molar-refractivity contribution in [1.82, 2.24) is 19.7 Å². The Morgan fingerprint density at radius 3 is 2.54 bits per heavy atom. The van der Waals surface area contributed by atoms with Gasteiger partial charge in [-0.15, -0.1) is 10.2 Å². The smallest absolute Gasteiger partial charge is 0.196 e. The van der Waals surface area contributed by atoms with E-state index in [2.05, 4.69) is 15.2 Å². The molecule has 4 rings (SSSR count). The molecule has 0 saturated heterocycles. The minimum atomic E-state index is 0.512. The molecule has 0 unspecified atom stereocenters. The summed E-state index contributed by atoms with van der Waals surface area (Å²) in [4.78, 5) is 4.20. The van der Waals surface area contributed by atoms with E-state index in [4.69, 9.17) is 16.3 Å². The number of para-hydroxylation sites is 2. The summed E-state index contributed by atoms with van der Waals surface area (Å²) in [5.41, 5.74) is 1.92. The lowest BCUT2D eigenvalue weighted by atomic mass is 10.2. The summed E-state index contributed by atoms with van der Waals surface area (Å²) >= 11 is 7.72. The summed E-state index contributed by atoms with van der Waals surface area (Å²) in [6.07, 6.45) is 3.53. The minimum absolute atomic E-state index is 0.512. The minimum Gasteiger partial charge on any atom is -0.491 e. The SMILES string of the molecule is Clc1ccccc1OCCSc1nnc(-c2cccnc2)n1-c1ccccc1. The summed E-state index contributed by atoms with van der Waals surface area (Å²) in [7, 11) is 0. The third-order valence-corrected chi connectivity index (χ3v) is 5.18. The number of nitrogens with zero attached hydrogens (tertiary/aromatic N) is 4. The zero-order valence-corrected chi connectivity index (χ0v) is 16.5. The van der Waals surface area contributed by atoms with Crippen molar-refractivity contribution in [3.63, 3.8) is 0 Å². The second kappa shape index (κ2) is 8.91. The van der Waals surface area contributed by atoms with E-state index in [9.17, 15) is 0 Å². The first-order valence-electron chi connectivity index (χ1n) is 8.74. The van der Waals surface area contributed by atoms with E-state index in [1.54, 1.807) is 24.2 Å². The van der Waals surface area contributed by atoms with Crippen LogP contribution in [0.25, 0.3) is 17.1 Å². The molecule has 0 spiro atoms. The van der Waals surface area contributed by atoms with Crippen LogP contribution in [0.2, 0.25) is 5.02 Å². The van der Waals surface area contributed by atoms with Gasteiger partial charge >= 0.3 is 0 Å². The number of aromatic nitrogens is 4. The predicted octanol–water partition coefficient (Wildman–Crippen LogP) is 5.15. The maximum atomic E-state index is 6.13. The molecule has 140 valence electrons. The van der Waals surface area contributed by atoms with Crippen molar-refractivity contribution < 1.29 is 4.74 Å². The number of rotatable bonds is 7. The average molecular weight is 409 g/mol. The van der Waals surface area contributed by atoms with Crippen molar-refractivity contribution in [2.45, 2.75) is 5.16 Å². The monoisotopic (exact) mass is 408 g/mol. The maximum Gasteiger partial charge on any atom is 0.196 e. The van der Waals surface area contributed by atoms with Crippen molar-refractivity contribution in [1.29, 1.82) is 0 Å². The van der Waals surface area contributed by atoms with Crippen LogP contribution in [0.15, 0.2) is 84.3 Å². The fourth-order valence-electron chi connectivity index (χ4n) is 2.70. The van der Waals surface area contributed by atoms with Gasteiger partial charge in [0.1, 0.15) is 5.75 Å². The summed E-state index contributed by atoms with van der Waals surface area (Å²) in [6.45, 7) is 0.512. The Kier molecular flexibility index (Phi) is 5.89. The van der Waals surface area contributed by atoms with E-state index in [0.29, 0.717) is 23.1 Å². The lowest BCUT2D eigenvalue weighted by molar-refractivity contribution is 0.344. The molecule has 0 atom stereocenters. The number of halogens is 1. The van der Waals surface area contributed by atoms with Crippen LogP contribution < -0.4 is 4.74 Å². The predicted molar refractivity (Wildman–Crippen MR) is 112 cm³/mol. The molecular weight excluding hydrogens is 392 g/mol. The molecule has 0 bridgehead atoms. The molecule has 2 aromatic carbocycles. The van der Waals surface area contributed by atoms with Crippen LogP contribution in [0, 0.1) is 0 Å². The Balaban J connectivity index is 1.54. The maximum absolute atomic E-state index is 6.13. The molecule has 0 N–H and O–H groups in total. The summed E-state index contributed by atoms with van der Waals surface area (Å²) in [5, 5.41) is 10.2. The van der Waals surface area contributed by atoms with E-state index in [1.165, 1.54) is 0 Å². The van der Waals surface area contributed by atoms with Gasteiger partial charge in [-0.05, 0) is 36.4 Å². The van der Waals surface area contributed by atoms with Gasteiger partial charge in [0.25, 0.3) is 0 Å². The van der Waals surface area contributed by atoms with E-state index >= 15 is 0 Å². The molecule has 5 nitrogen and oxygen atoms in total. The Hall–Kier alpha value is -2.83. The first-order valence-corrected chi connectivity index (χ1v) is 10.1. The molecule has 0 aliphatic carbocycles. The Bertz CT molecular complexity index is 1040. The zero-order valence-electron chi connectivity index (χ0n) is 14.9. The molecule has 0 radical (unpaired) electrons. The summed E-state index contributed by atoms with van der Waals surface area (Å²) in [6, 6.07) is 21.4. The van der Waals surface area contributed by atoms with E-state index in [-0.39, 0.29) is 0 Å². The number of ether oxygens (including phenoxy) is 1. The molecule has 2 heterocycles. The van der Waals surface area contributed by atoms with Crippen LogP contribution in [0.1, 0.15) is 0 Å². The zero-order chi connectivity index (χ0) is 19.2. The molecule has 0 amide bonds. The van der Waals surface area contributed by atoms with Crippen molar-refractivity contribution in [3.8, 4) is 22.8 Å². The van der Waals surface area contributed by atoms with Crippen LogP contribution in [0.5, 0.6) is 5.75 Å². The van der Waals surface area contributed by atoms with Gasteiger partial charge < -0.3 is 4.74 Å². The van der Waals surface area contributed by atoms with Crippen molar-refractivity contribution in [3.05, 3.63) is 84.1 Å². The van der Waals surface area contributed by atoms with Gasteiger partial charge in [-0.2, -0.15) is 0 Å². The van der Waals surface area contributed by atoms with Crippen LogP contribution in [0.3, 0.4) is 0 Å². The van der Waals surface area contributed by atoms with Crippen molar-refractivity contribution in [2.75, 3.05) is 12.4 Å². The number of thioether (sulfide) groups is 1. The first-order chi connectivity index (χ1) is 13.8. The fraction of sp³-hybridized carbons (Fsp3) is 0.0952. The Morgan fingerprint density at radius 1 is 0.929 bits per heavy atom. The molecule has 0 fully saturated rings. The number of hydrogen-bond donors (Lipinski definition) is 0. The second-order valence-electron chi connectivity index (χ2n) is 5.85. The lowest BCUT2D eigenvalue weighted by Gasteiger charge is -2.11. The molecule has 0 saturated carbocycles. The van der Waals surface area contributed by atoms with Gasteiger partial charge in [-0.25, -0.2) is 0 Å². The van der Waals surface area contributed by atoms with E-state index < -0.39 is 0 Å². The molecule has 0 aliphatic heterocycles. The normalized spacial score (nSPS) is 10.8. The van der Waals surface area contributed by atoms with E-state index in [0.717, 1.165) is 22.2 Å². The molecule has 7 heteroatoms. The van der Waals surface area contributed by atoms with Gasteiger partial charge in [0.2, 0.25) is 0 Å². The summed E-state index contributed by atoms with van der Waals surface area (Å²) in [5.74, 6) is 2.16. The number of hydrogen-bond acceptors (Lipinski definition) is 5. The van der Waals surface area contributed by atoms with Crippen molar-refractivity contribution in [2.24, 2.45) is 0 Å². The van der Waals surface area contributed by atoms with Crippen LogP contribution >= 0.6 is 23.4 Å². The number of benzene rings is 2. The van der Waals surface area contributed by atoms with Gasteiger partial charge in [0, 0.05) is 29.4 Å². The average Bonchev–Trinajstić information content (AvgIpc) is 3.17. The lowest BCUT2D eigenvalue weighted by Crippen LogP contribution is -2.03. The highest BCUT2D eigenvalue weighted by Crippen LogP contribution is 2.28. The summed E-state index contributed by atoms with van der Waals surface area (Å²) < 4.78 is 7.81. The molecule has 0 aliphatic rings. The van der Waals surface area contributed by atoms with Crippen molar-refractivity contribution >= 4 is 23.4 Å². The molecule has 28 heavy (non-hydrogen) atoms. The van der Waals surface area contributed by atoms with Crippen LogP contribution in [-0.4, -0.2) is 32.1 Å². The van der Waals surface area contributed by atoms with E-state index in [1.807, 2.05) is 71.3 Å². The van der Waals surface area contributed by atoms with Gasteiger partial charge in [-0.3, -0.25) is 9.55 Å². The highest BCUT2D eigenvalue weighted by Gasteiger charge is 2.16. The third kappa shape index (κ3) is 4.18. The van der Waals surface area contributed by atoms with Gasteiger partial charge in [-0.1, -0.05) is 53.7 Å². The fourth-order valence-corrected chi connectivity index (χ4v) is 3.66. The first kappa shape index (κ1) is 18.5. The Labute approximate surface area is 172 Å². The number of pyridine rings is 1.